The Kier molecular flexibility index (Phi) is 5.02. The predicted molar refractivity (Wildman–Crippen MR) is 110 cm³/mol. The fourth-order valence-corrected chi connectivity index (χ4v) is 6.32. The number of unbranched alkanes of at least 4 members (excludes halogenated alkanes) is 1. The average Bonchev–Trinajstić information content (AvgIpc) is 2.65. The minimum absolute atomic E-state index is 0.191. The summed E-state index contributed by atoms with van der Waals surface area (Å²) < 4.78 is 0. The molecular formula is C23H30BrNO. The number of hydrogen-bond donors (Lipinski definition) is 0. The molecule has 1 aliphatic heterocycles. The number of carbonyl (C=O) groups is 1. The number of halogens is 1. The number of hydrogen-bond acceptors (Lipinski definition) is 1. The number of allylic oxidation sites excluding steroid dienone is 1. The molecule has 1 saturated carbocycles. The highest BCUT2D eigenvalue weighted by atomic mass is 79.9. The minimum Gasteiger partial charge on any atom is -0.316 e. The second-order valence-electron chi connectivity index (χ2n) is 8.69. The van der Waals surface area contributed by atoms with Crippen molar-refractivity contribution in [1.82, 2.24) is 4.90 Å². The van der Waals surface area contributed by atoms with Crippen LogP contribution in [0, 0.1) is 17.3 Å². The van der Waals surface area contributed by atoms with Gasteiger partial charge >= 0.3 is 0 Å². The summed E-state index contributed by atoms with van der Waals surface area (Å²) in [6, 6.07) is 8.99. The van der Waals surface area contributed by atoms with Crippen LogP contribution < -0.4 is 0 Å². The van der Waals surface area contributed by atoms with E-state index < -0.39 is 0 Å². The molecule has 2 fully saturated rings. The van der Waals surface area contributed by atoms with Crippen molar-refractivity contribution in [2.75, 3.05) is 11.9 Å². The van der Waals surface area contributed by atoms with Crippen LogP contribution in [0.25, 0.3) is 0 Å². The van der Waals surface area contributed by atoms with Crippen LogP contribution in [0.2, 0.25) is 0 Å². The predicted octanol–water partition coefficient (Wildman–Crippen LogP) is 5.67. The Morgan fingerprint density at radius 1 is 1.27 bits per heavy atom. The Morgan fingerprint density at radius 2 is 2.08 bits per heavy atom. The Bertz CT molecular complexity index is 714. The van der Waals surface area contributed by atoms with E-state index >= 15 is 0 Å². The maximum Gasteiger partial charge on any atom is 0.232 e. The van der Waals surface area contributed by atoms with Gasteiger partial charge in [0, 0.05) is 17.6 Å². The maximum atomic E-state index is 13.5. The Balaban J connectivity index is 1.59. The molecule has 3 unspecified atom stereocenters. The van der Waals surface area contributed by atoms with E-state index in [0.29, 0.717) is 23.7 Å². The molecule has 26 heavy (non-hydrogen) atoms. The van der Waals surface area contributed by atoms with Crippen LogP contribution in [0.15, 0.2) is 36.5 Å². The molecule has 1 heterocycles. The van der Waals surface area contributed by atoms with Crippen molar-refractivity contribution in [3.05, 3.63) is 47.7 Å². The van der Waals surface area contributed by atoms with Crippen molar-refractivity contribution in [2.24, 2.45) is 17.3 Å². The standard InChI is InChI=1S/C23H30BrNO/c1-16-15-21-20-10-9-17-7-3-4-8-18(17)19(20)11-12-23(21,2)22(26)25(16)14-6-5-13-24/h3-4,7-8,19-21H,1,5-6,9-15H2,2H3/t19?,20?,21?,23-/m0/s1. The first kappa shape index (κ1) is 18.3. The average molecular weight is 416 g/mol. The number of fused-ring (bicyclic) bond motifs is 5. The van der Waals surface area contributed by atoms with Gasteiger partial charge in [-0.05, 0) is 73.8 Å². The molecule has 1 amide bonds. The molecule has 1 aromatic rings. The lowest BCUT2D eigenvalue weighted by molar-refractivity contribution is -0.153. The SMILES string of the molecule is C=C1CC2C3CCc4ccccc4C3CC[C@]2(C)C(=O)N1CCCCBr. The van der Waals surface area contributed by atoms with Crippen LogP contribution in [0.1, 0.15) is 62.5 Å². The molecule has 4 rings (SSSR count). The lowest BCUT2D eigenvalue weighted by Crippen LogP contribution is -2.56. The van der Waals surface area contributed by atoms with E-state index in [1.165, 1.54) is 18.4 Å². The maximum absolute atomic E-state index is 13.5. The summed E-state index contributed by atoms with van der Waals surface area (Å²) in [7, 11) is 0. The topological polar surface area (TPSA) is 20.3 Å². The summed E-state index contributed by atoms with van der Waals surface area (Å²) in [6.45, 7) is 7.41. The van der Waals surface area contributed by atoms with Gasteiger partial charge in [-0.2, -0.15) is 0 Å². The van der Waals surface area contributed by atoms with Crippen LogP contribution in [0.4, 0.5) is 0 Å². The molecule has 3 aliphatic rings. The summed E-state index contributed by atoms with van der Waals surface area (Å²) in [4.78, 5) is 15.5. The normalized spacial score (nSPS) is 33.5. The molecule has 4 atom stereocenters. The smallest absolute Gasteiger partial charge is 0.232 e. The summed E-state index contributed by atoms with van der Waals surface area (Å²) in [5, 5.41) is 1.00. The Labute approximate surface area is 166 Å². The van der Waals surface area contributed by atoms with E-state index in [2.05, 4.69) is 53.7 Å². The highest BCUT2D eigenvalue weighted by Gasteiger charge is 2.55. The van der Waals surface area contributed by atoms with E-state index in [1.54, 1.807) is 5.56 Å². The third-order valence-electron chi connectivity index (χ3n) is 7.36. The van der Waals surface area contributed by atoms with Crippen LogP contribution in [0.3, 0.4) is 0 Å². The molecule has 1 saturated heterocycles. The molecule has 0 aromatic heterocycles. The number of carbonyl (C=O) groups excluding carboxylic acids is 1. The van der Waals surface area contributed by atoms with Gasteiger partial charge in [-0.1, -0.05) is 53.7 Å². The number of benzene rings is 1. The first-order valence-corrected chi connectivity index (χ1v) is 11.3. The number of alkyl halides is 1. The van der Waals surface area contributed by atoms with Gasteiger partial charge in [0.1, 0.15) is 0 Å². The fourth-order valence-electron chi connectivity index (χ4n) is 5.92. The second kappa shape index (κ2) is 7.14. The highest BCUT2D eigenvalue weighted by molar-refractivity contribution is 9.09. The molecule has 0 bridgehead atoms. The van der Waals surface area contributed by atoms with Crippen molar-refractivity contribution in [2.45, 2.75) is 57.8 Å². The third kappa shape index (κ3) is 2.87. The van der Waals surface area contributed by atoms with Crippen molar-refractivity contribution >= 4 is 21.8 Å². The van der Waals surface area contributed by atoms with Crippen LogP contribution in [-0.4, -0.2) is 22.7 Å². The van der Waals surface area contributed by atoms with E-state index in [1.807, 2.05) is 4.90 Å². The van der Waals surface area contributed by atoms with E-state index in [-0.39, 0.29) is 5.41 Å². The first-order chi connectivity index (χ1) is 12.6. The number of piperidine rings is 1. The zero-order valence-corrected chi connectivity index (χ0v) is 17.4. The van der Waals surface area contributed by atoms with Crippen LogP contribution in [-0.2, 0) is 11.2 Å². The zero-order valence-electron chi connectivity index (χ0n) is 15.8. The first-order valence-electron chi connectivity index (χ1n) is 10.2. The fraction of sp³-hybridized carbons (Fsp3) is 0.609. The molecule has 140 valence electrons. The minimum atomic E-state index is -0.191. The zero-order chi connectivity index (χ0) is 18.3. The number of amides is 1. The third-order valence-corrected chi connectivity index (χ3v) is 7.93. The molecule has 3 heteroatoms. The van der Waals surface area contributed by atoms with Crippen molar-refractivity contribution in [3.63, 3.8) is 0 Å². The van der Waals surface area contributed by atoms with Gasteiger partial charge in [0.25, 0.3) is 0 Å². The van der Waals surface area contributed by atoms with Gasteiger partial charge in [0.05, 0.1) is 5.41 Å². The summed E-state index contributed by atoms with van der Waals surface area (Å²) in [6.07, 6.45) is 7.73. The molecule has 0 radical (unpaired) electrons. The molecule has 2 nitrogen and oxygen atoms in total. The summed E-state index contributed by atoms with van der Waals surface area (Å²) >= 11 is 3.50. The van der Waals surface area contributed by atoms with Gasteiger partial charge in [-0.3, -0.25) is 4.79 Å². The van der Waals surface area contributed by atoms with E-state index in [0.717, 1.165) is 49.7 Å². The van der Waals surface area contributed by atoms with Crippen LogP contribution in [0.5, 0.6) is 0 Å². The van der Waals surface area contributed by atoms with Crippen molar-refractivity contribution in [1.29, 1.82) is 0 Å². The summed E-state index contributed by atoms with van der Waals surface area (Å²) in [5.41, 5.74) is 3.97. The molecule has 0 spiro atoms. The lowest BCUT2D eigenvalue weighted by atomic mass is 9.52. The number of aryl methyl sites for hydroxylation is 1. The van der Waals surface area contributed by atoms with Gasteiger partial charge < -0.3 is 4.90 Å². The monoisotopic (exact) mass is 415 g/mol. The van der Waals surface area contributed by atoms with Gasteiger partial charge in [0.15, 0.2) is 0 Å². The highest BCUT2D eigenvalue weighted by Crippen LogP contribution is 2.58. The van der Waals surface area contributed by atoms with E-state index in [4.69, 9.17) is 0 Å². The molecule has 2 aliphatic carbocycles. The van der Waals surface area contributed by atoms with Gasteiger partial charge in [0.2, 0.25) is 5.91 Å². The van der Waals surface area contributed by atoms with Gasteiger partial charge in [-0.15, -0.1) is 0 Å². The Hall–Kier alpha value is -1.09. The van der Waals surface area contributed by atoms with Crippen molar-refractivity contribution < 1.29 is 4.79 Å². The number of rotatable bonds is 4. The molecule has 1 aromatic carbocycles. The number of likely N-dealkylation sites (tertiary alicyclic amines) is 1. The largest absolute Gasteiger partial charge is 0.316 e. The quantitative estimate of drug-likeness (QED) is 0.458. The summed E-state index contributed by atoms with van der Waals surface area (Å²) in [5.74, 6) is 2.08. The lowest BCUT2D eigenvalue weighted by Gasteiger charge is -2.55. The van der Waals surface area contributed by atoms with Gasteiger partial charge in [-0.25, -0.2) is 0 Å². The molecular weight excluding hydrogens is 386 g/mol. The van der Waals surface area contributed by atoms with Crippen molar-refractivity contribution in [3.8, 4) is 0 Å². The van der Waals surface area contributed by atoms with Crippen LogP contribution >= 0.6 is 15.9 Å². The van der Waals surface area contributed by atoms with E-state index in [9.17, 15) is 4.79 Å². The number of nitrogens with zero attached hydrogens (tertiary/aromatic N) is 1. The Morgan fingerprint density at radius 3 is 2.88 bits per heavy atom. The molecule has 0 N–H and O–H groups in total. The second-order valence-corrected chi connectivity index (χ2v) is 9.49.